The molecule has 2 heterocycles. The van der Waals surface area contributed by atoms with Crippen LogP contribution in [0.5, 0.6) is 5.75 Å². The lowest BCUT2D eigenvalue weighted by molar-refractivity contribution is -0.0498. The van der Waals surface area contributed by atoms with Crippen molar-refractivity contribution in [2.45, 2.75) is 39.3 Å². The smallest absolute Gasteiger partial charge is 0.387 e. The van der Waals surface area contributed by atoms with E-state index in [1.165, 1.54) is 24.3 Å². The average molecular weight is 335 g/mol. The number of rotatable bonds is 4. The topological polar surface area (TPSA) is 58.2 Å². The maximum absolute atomic E-state index is 12.8. The number of carbonyl (C=O) groups excluding carboxylic acids is 1. The minimum Gasteiger partial charge on any atom is -0.435 e. The fraction of sp³-hybridized carbons (Fsp3) is 0.412. The van der Waals surface area contributed by atoms with E-state index in [2.05, 4.69) is 14.9 Å². The van der Waals surface area contributed by atoms with Gasteiger partial charge in [-0.15, -0.1) is 0 Å². The summed E-state index contributed by atoms with van der Waals surface area (Å²) in [6.45, 7) is 1.67. The van der Waals surface area contributed by atoms with Gasteiger partial charge in [-0.1, -0.05) is 0 Å². The molecule has 1 saturated heterocycles. The molecule has 1 aliphatic rings. The molecule has 1 aromatic carbocycles. The van der Waals surface area contributed by atoms with Crippen molar-refractivity contribution in [1.29, 1.82) is 0 Å². The molecule has 0 bridgehead atoms. The third-order valence-electron chi connectivity index (χ3n) is 4.36. The Hall–Kier alpha value is -2.44. The van der Waals surface area contributed by atoms with Gasteiger partial charge in [0.25, 0.3) is 5.91 Å². The quantitative estimate of drug-likeness (QED) is 0.929. The lowest BCUT2D eigenvalue weighted by Gasteiger charge is -2.25. The van der Waals surface area contributed by atoms with Crippen LogP contribution in [0.3, 0.4) is 0 Å². The van der Waals surface area contributed by atoms with E-state index < -0.39 is 6.61 Å². The molecule has 3 rings (SSSR count). The summed E-state index contributed by atoms with van der Waals surface area (Å²) in [5.41, 5.74) is 3.40. The SMILES string of the molecule is Cc1n[nH]c(C)c1C1CCCN1C(=O)c1ccc(OC(F)F)cc1. The van der Waals surface area contributed by atoms with Gasteiger partial charge >= 0.3 is 6.61 Å². The maximum Gasteiger partial charge on any atom is 0.387 e. The first-order chi connectivity index (χ1) is 11.5. The summed E-state index contributed by atoms with van der Waals surface area (Å²) < 4.78 is 28.7. The summed E-state index contributed by atoms with van der Waals surface area (Å²) in [5, 5.41) is 7.18. The summed E-state index contributed by atoms with van der Waals surface area (Å²) in [4.78, 5) is 14.6. The van der Waals surface area contributed by atoms with Gasteiger partial charge in [0.15, 0.2) is 0 Å². The zero-order valence-corrected chi connectivity index (χ0v) is 13.6. The van der Waals surface area contributed by atoms with Crippen molar-refractivity contribution >= 4 is 5.91 Å². The molecule has 0 radical (unpaired) electrons. The van der Waals surface area contributed by atoms with Crippen LogP contribution in [-0.2, 0) is 0 Å². The second kappa shape index (κ2) is 6.59. The monoisotopic (exact) mass is 335 g/mol. The summed E-state index contributed by atoms with van der Waals surface area (Å²) in [6.07, 6.45) is 1.81. The Kier molecular flexibility index (Phi) is 4.51. The highest BCUT2D eigenvalue weighted by Gasteiger charge is 2.33. The van der Waals surface area contributed by atoms with E-state index in [-0.39, 0.29) is 17.7 Å². The van der Waals surface area contributed by atoms with Crippen molar-refractivity contribution in [3.05, 3.63) is 46.8 Å². The van der Waals surface area contributed by atoms with Crippen LogP contribution in [0.4, 0.5) is 8.78 Å². The second-order valence-corrected chi connectivity index (χ2v) is 5.91. The number of aryl methyl sites for hydroxylation is 2. The van der Waals surface area contributed by atoms with Crippen molar-refractivity contribution in [2.75, 3.05) is 6.54 Å². The van der Waals surface area contributed by atoms with Crippen molar-refractivity contribution < 1.29 is 18.3 Å². The van der Waals surface area contributed by atoms with E-state index in [0.717, 1.165) is 29.8 Å². The minimum absolute atomic E-state index is 0.00626. The number of amides is 1. The molecular weight excluding hydrogens is 316 g/mol. The lowest BCUT2D eigenvalue weighted by Crippen LogP contribution is -2.31. The van der Waals surface area contributed by atoms with Gasteiger partial charge in [-0.05, 0) is 51.0 Å². The predicted molar refractivity (Wildman–Crippen MR) is 84.1 cm³/mol. The number of aromatic amines is 1. The Morgan fingerprint density at radius 3 is 2.62 bits per heavy atom. The fourth-order valence-corrected chi connectivity index (χ4v) is 3.31. The van der Waals surface area contributed by atoms with Crippen molar-refractivity contribution in [1.82, 2.24) is 15.1 Å². The van der Waals surface area contributed by atoms with E-state index in [9.17, 15) is 13.6 Å². The van der Waals surface area contributed by atoms with Crippen LogP contribution >= 0.6 is 0 Å². The molecular formula is C17H19F2N3O2. The molecule has 5 nitrogen and oxygen atoms in total. The van der Waals surface area contributed by atoms with E-state index in [1.54, 1.807) is 0 Å². The number of hydrogen-bond acceptors (Lipinski definition) is 3. The number of carbonyl (C=O) groups is 1. The molecule has 1 N–H and O–H groups in total. The molecule has 2 aromatic rings. The third kappa shape index (κ3) is 3.11. The lowest BCUT2D eigenvalue weighted by atomic mass is 10.0. The first kappa shape index (κ1) is 16.4. The Morgan fingerprint density at radius 1 is 1.33 bits per heavy atom. The van der Waals surface area contributed by atoms with E-state index >= 15 is 0 Å². The summed E-state index contributed by atoms with van der Waals surface area (Å²) >= 11 is 0. The Morgan fingerprint density at radius 2 is 2.04 bits per heavy atom. The standard InChI is InChI=1S/C17H19F2N3O2/c1-10-15(11(2)21-20-10)14-4-3-9-22(14)16(23)12-5-7-13(8-6-12)24-17(18)19/h5-8,14,17H,3-4,9H2,1-2H3,(H,20,21). The normalized spacial score (nSPS) is 17.5. The van der Waals surface area contributed by atoms with Crippen LogP contribution in [0.25, 0.3) is 0 Å². The van der Waals surface area contributed by atoms with Crippen LogP contribution < -0.4 is 4.74 Å². The molecule has 128 valence electrons. The molecule has 0 aliphatic carbocycles. The first-order valence-corrected chi connectivity index (χ1v) is 7.84. The number of nitrogens with zero attached hydrogens (tertiary/aromatic N) is 2. The zero-order valence-electron chi connectivity index (χ0n) is 13.6. The predicted octanol–water partition coefficient (Wildman–Crippen LogP) is 3.61. The summed E-state index contributed by atoms with van der Waals surface area (Å²) in [7, 11) is 0. The van der Waals surface area contributed by atoms with Gasteiger partial charge in [0.1, 0.15) is 5.75 Å². The molecule has 0 spiro atoms. The summed E-state index contributed by atoms with van der Waals surface area (Å²) in [5.74, 6) is -0.0675. The van der Waals surface area contributed by atoms with E-state index in [0.29, 0.717) is 12.1 Å². The maximum atomic E-state index is 12.8. The van der Waals surface area contributed by atoms with Crippen LogP contribution in [0.1, 0.15) is 46.2 Å². The van der Waals surface area contributed by atoms with Gasteiger partial charge in [0.05, 0.1) is 11.7 Å². The molecule has 24 heavy (non-hydrogen) atoms. The Balaban J connectivity index is 1.81. The van der Waals surface area contributed by atoms with Gasteiger partial charge in [-0.3, -0.25) is 9.89 Å². The number of ether oxygens (including phenoxy) is 1. The number of hydrogen-bond donors (Lipinski definition) is 1. The van der Waals surface area contributed by atoms with Gasteiger partial charge in [-0.25, -0.2) is 0 Å². The van der Waals surface area contributed by atoms with Gasteiger partial charge < -0.3 is 9.64 Å². The molecule has 1 aliphatic heterocycles. The van der Waals surface area contributed by atoms with Crippen LogP contribution in [0.2, 0.25) is 0 Å². The first-order valence-electron chi connectivity index (χ1n) is 7.84. The molecule has 7 heteroatoms. The number of benzene rings is 1. The number of halogens is 2. The number of aromatic nitrogens is 2. The van der Waals surface area contributed by atoms with E-state index in [4.69, 9.17) is 0 Å². The second-order valence-electron chi connectivity index (χ2n) is 5.91. The summed E-state index contributed by atoms with van der Waals surface area (Å²) in [6, 6.07) is 5.81. The fourth-order valence-electron chi connectivity index (χ4n) is 3.31. The van der Waals surface area contributed by atoms with Gasteiger partial charge in [0.2, 0.25) is 0 Å². The number of likely N-dealkylation sites (tertiary alicyclic amines) is 1. The van der Waals surface area contributed by atoms with Crippen molar-refractivity contribution in [3.8, 4) is 5.75 Å². The van der Waals surface area contributed by atoms with Crippen molar-refractivity contribution in [2.24, 2.45) is 0 Å². The highest BCUT2D eigenvalue weighted by molar-refractivity contribution is 5.94. The van der Waals surface area contributed by atoms with Crippen LogP contribution in [0.15, 0.2) is 24.3 Å². The Labute approximate surface area is 138 Å². The molecule has 1 fully saturated rings. The highest BCUT2D eigenvalue weighted by atomic mass is 19.3. The van der Waals surface area contributed by atoms with Crippen LogP contribution in [0, 0.1) is 13.8 Å². The van der Waals surface area contributed by atoms with E-state index in [1.807, 2.05) is 18.7 Å². The number of nitrogens with one attached hydrogen (secondary N) is 1. The molecule has 1 amide bonds. The highest BCUT2D eigenvalue weighted by Crippen LogP contribution is 2.35. The molecule has 1 aromatic heterocycles. The number of H-pyrrole nitrogens is 1. The zero-order chi connectivity index (χ0) is 17.3. The number of alkyl halides is 2. The van der Waals surface area contributed by atoms with Gasteiger partial charge in [-0.2, -0.15) is 13.9 Å². The third-order valence-corrected chi connectivity index (χ3v) is 4.36. The largest absolute Gasteiger partial charge is 0.435 e. The molecule has 0 saturated carbocycles. The average Bonchev–Trinajstić information content (AvgIpc) is 3.13. The van der Waals surface area contributed by atoms with Crippen molar-refractivity contribution in [3.63, 3.8) is 0 Å². The van der Waals surface area contributed by atoms with Gasteiger partial charge in [0, 0.05) is 23.4 Å². The van der Waals surface area contributed by atoms with Crippen LogP contribution in [-0.4, -0.2) is 34.2 Å². The molecule has 1 atom stereocenters. The molecule has 1 unspecified atom stereocenters. The Bertz CT molecular complexity index is 708. The minimum atomic E-state index is -2.87.